The first-order valence-electron chi connectivity index (χ1n) is 8.68. The third-order valence-corrected chi connectivity index (χ3v) is 4.69. The molecule has 1 amide bonds. The third kappa shape index (κ3) is 6.47. The van der Waals surface area contributed by atoms with Gasteiger partial charge in [0.25, 0.3) is 5.91 Å². The Morgan fingerprint density at radius 2 is 1.64 bits per heavy atom. The van der Waals surface area contributed by atoms with Gasteiger partial charge in [-0.2, -0.15) is 0 Å². The summed E-state index contributed by atoms with van der Waals surface area (Å²) in [7, 11) is -0.0258. The van der Waals surface area contributed by atoms with Crippen molar-refractivity contribution in [3.8, 4) is 0 Å². The lowest BCUT2D eigenvalue weighted by Crippen LogP contribution is -2.31. The van der Waals surface area contributed by atoms with Gasteiger partial charge in [-0.1, -0.05) is 42.5 Å². The van der Waals surface area contributed by atoms with Crippen LogP contribution in [0.3, 0.4) is 0 Å². The largest absolute Gasteiger partial charge is 0.444 e. The van der Waals surface area contributed by atoms with Crippen LogP contribution in [0, 0.1) is 0 Å². The van der Waals surface area contributed by atoms with Crippen LogP contribution in [0.4, 0.5) is 0 Å². The first-order chi connectivity index (χ1) is 13.2. The van der Waals surface area contributed by atoms with Crippen molar-refractivity contribution >= 4 is 21.9 Å². The average Bonchev–Trinajstić information content (AvgIpc) is 2.65. The van der Waals surface area contributed by atoms with E-state index in [0.29, 0.717) is 17.5 Å². The summed E-state index contributed by atoms with van der Waals surface area (Å²) in [5, 5.41) is 0. The van der Waals surface area contributed by atoms with E-state index in [1.807, 2.05) is 6.07 Å². The molecule has 2 rings (SSSR count). The van der Waals surface area contributed by atoms with Crippen LogP contribution in [-0.2, 0) is 26.0 Å². The number of likely N-dealkylation sites (N-methyl/N-ethyl adjacent to an activating group) is 1. The third-order valence-electron chi connectivity index (χ3n) is 3.96. The Bertz CT molecular complexity index is 909. The molecule has 0 aliphatic rings. The molecule has 1 N–H and O–H groups in total. The summed E-state index contributed by atoms with van der Waals surface area (Å²) in [4.78, 5) is 26.4. The normalized spacial score (nSPS) is 12.2. The molecule has 0 aliphatic carbocycles. The lowest BCUT2D eigenvalue weighted by atomic mass is 10.1. The number of amides is 1. The summed E-state index contributed by atoms with van der Waals surface area (Å²) in [5.74, 6) is -0.937. The molecule has 2 aromatic carbocycles. The van der Waals surface area contributed by atoms with Gasteiger partial charge in [-0.15, -0.1) is 0 Å². The number of ether oxygens (including phenoxy) is 1. The molecule has 0 fully saturated rings. The molecule has 0 radical (unpaired) electrons. The Labute approximate surface area is 165 Å². The van der Waals surface area contributed by atoms with Crippen molar-refractivity contribution in [3.63, 3.8) is 0 Å². The predicted octanol–water partition coefficient (Wildman–Crippen LogP) is 1.76. The number of esters is 1. The molecule has 0 aromatic heterocycles. The van der Waals surface area contributed by atoms with E-state index >= 15 is 0 Å². The number of carbonyl (C=O) groups excluding carboxylic acids is 2. The summed E-state index contributed by atoms with van der Waals surface area (Å²) in [5.41, 5.74) is 1.78. The minimum absolute atomic E-state index is 0.274. The summed E-state index contributed by atoms with van der Waals surface area (Å²) < 4.78 is 30.1. The lowest BCUT2D eigenvalue weighted by Gasteiger charge is -2.21. The second-order valence-electron chi connectivity index (χ2n) is 6.54. The van der Waals surface area contributed by atoms with Crippen molar-refractivity contribution < 1.29 is 22.7 Å². The number of nitrogens with zero attached hydrogens (tertiary/aromatic N) is 1. The Kier molecular flexibility index (Phi) is 7.31. The van der Waals surface area contributed by atoms with E-state index in [0.717, 1.165) is 11.8 Å². The van der Waals surface area contributed by atoms with Crippen molar-refractivity contribution in [3.05, 3.63) is 71.3 Å². The molecule has 0 aliphatic heterocycles. The smallest absolute Gasteiger partial charge is 0.339 e. The van der Waals surface area contributed by atoms with E-state index in [9.17, 15) is 18.0 Å². The van der Waals surface area contributed by atoms with Crippen molar-refractivity contribution in [2.24, 2.45) is 0 Å². The highest BCUT2D eigenvalue weighted by Crippen LogP contribution is 2.21. The van der Waals surface area contributed by atoms with E-state index < -0.39 is 22.1 Å². The Hall–Kier alpha value is -2.71. The molecule has 150 valence electrons. The topological polar surface area (TPSA) is 92.8 Å². The molecule has 1 atom stereocenters. The zero-order chi connectivity index (χ0) is 20.7. The molecule has 0 saturated heterocycles. The second-order valence-corrected chi connectivity index (χ2v) is 8.38. The number of hydrogen-bond acceptors (Lipinski definition) is 5. The van der Waals surface area contributed by atoms with Crippen molar-refractivity contribution in [1.29, 1.82) is 0 Å². The Morgan fingerprint density at radius 3 is 2.18 bits per heavy atom. The van der Waals surface area contributed by atoms with Crippen LogP contribution in [0.1, 0.15) is 27.6 Å². The zero-order valence-corrected chi connectivity index (χ0v) is 16.9. The number of carbonyl (C=O) groups is 2. The van der Waals surface area contributed by atoms with E-state index in [-0.39, 0.29) is 12.5 Å². The monoisotopic (exact) mass is 404 g/mol. The van der Waals surface area contributed by atoms with Gasteiger partial charge >= 0.3 is 5.97 Å². The molecule has 0 bridgehead atoms. The van der Waals surface area contributed by atoms with Gasteiger partial charge in [-0.25, -0.2) is 17.9 Å². The van der Waals surface area contributed by atoms with E-state index in [1.54, 1.807) is 62.6 Å². The second kappa shape index (κ2) is 9.48. The van der Waals surface area contributed by atoms with Crippen molar-refractivity contribution in [2.45, 2.75) is 12.5 Å². The molecule has 2 aromatic rings. The number of hydrogen-bond donors (Lipinski definition) is 1. The zero-order valence-electron chi connectivity index (χ0n) is 16.1. The van der Waals surface area contributed by atoms with E-state index in [2.05, 4.69) is 4.72 Å². The molecule has 28 heavy (non-hydrogen) atoms. The minimum atomic E-state index is -3.23. The number of nitrogens with one attached hydrogen (secondary N) is 1. The number of rotatable bonds is 8. The van der Waals surface area contributed by atoms with Gasteiger partial charge < -0.3 is 9.64 Å². The minimum Gasteiger partial charge on any atom is -0.444 e. The SMILES string of the molecule is CN(C)C(=O)[C@H](OC(=O)c1ccc(CCNS(C)(=O)=O)cc1)c1ccccc1. The molecule has 0 saturated carbocycles. The van der Waals surface area contributed by atoms with Crippen LogP contribution in [0.2, 0.25) is 0 Å². The molecule has 8 heteroatoms. The molecule has 7 nitrogen and oxygen atoms in total. The van der Waals surface area contributed by atoms with Gasteiger partial charge in [0.15, 0.2) is 0 Å². The highest BCUT2D eigenvalue weighted by Gasteiger charge is 2.26. The Morgan fingerprint density at radius 1 is 1.04 bits per heavy atom. The van der Waals surface area contributed by atoms with E-state index in [4.69, 9.17) is 4.74 Å². The highest BCUT2D eigenvalue weighted by molar-refractivity contribution is 7.88. The van der Waals surface area contributed by atoms with Gasteiger partial charge in [0.1, 0.15) is 0 Å². The summed E-state index contributed by atoms with van der Waals surface area (Å²) >= 11 is 0. The highest BCUT2D eigenvalue weighted by atomic mass is 32.2. The van der Waals surface area contributed by atoms with Gasteiger partial charge in [0, 0.05) is 26.2 Å². The first kappa shape index (κ1) is 21.6. The summed E-state index contributed by atoms with van der Waals surface area (Å²) in [6, 6.07) is 15.5. The first-order valence-corrected chi connectivity index (χ1v) is 10.6. The fourth-order valence-electron chi connectivity index (χ4n) is 2.49. The van der Waals surface area contributed by atoms with Gasteiger partial charge in [-0.3, -0.25) is 4.79 Å². The fraction of sp³-hybridized carbons (Fsp3) is 0.300. The van der Waals surface area contributed by atoms with E-state index in [1.165, 1.54) is 4.90 Å². The fourth-order valence-corrected chi connectivity index (χ4v) is 2.96. The molecule has 0 spiro atoms. The van der Waals surface area contributed by atoms with Crippen LogP contribution >= 0.6 is 0 Å². The van der Waals surface area contributed by atoms with Crippen LogP contribution in [-0.4, -0.2) is 52.1 Å². The average molecular weight is 404 g/mol. The maximum Gasteiger partial charge on any atom is 0.339 e. The predicted molar refractivity (Wildman–Crippen MR) is 106 cm³/mol. The van der Waals surface area contributed by atoms with Crippen LogP contribution < -0.4 is 4.72 Å². The number of benzene rings is 2. The van der Waals surface area contributed by atoms with Gasteiger partial charge in [-0.05, 0) is 24.1 Å². The van der Waals surface area contributed by atoms with Crippen LogP contribution in [0.5, 0.6) is 0 Å². The van der Waals surface area contributed by atoms with Gasteiger partial charge in [0.05, 0.1) is 11.8 Å². The molecular weight excluding hydrogens is 380 g/mol. The molecule has 0 heterocycles. The standard InChI is InChI=1S/C20H24N2O5S/c1-22(2)19(23)18(16-7-5-4-6-8-16)27-20(24)17-11-9-15(10-12-17)13-14-21-28(3,25)26/h4-12,18,21H,13-14H2,1-3H3/t18-/m1/s1. The number of sulfonamides is 1. The summed E-state index contributed by atoms with van der Waals surface area (Å²) in [6.07, 6.45) is 0.570. The molecular formula is C20H24N2O5S. The Balaban J connectivity index is 2.08. The van der Waals surface area contributed by atoms with Crippen LogP contribution in [0.25, 0.3) is 0 Å². The van der Waals surface area contributed by atoms with Crippen molar-refractivity contribution in [2.75, 3.05) is 26.9 Å². The molecule has 0 unspecified atom stereocenters. The van der Waals surface area contributed by atoms with Gasteiger partial charge in [0.2, 0.25) is 16.1 Å². The van der Waals surface area contributed by atoms with Crippen LogP contribution in [0.15, 0.2) is 54.6 Å². The lowest BCUT2D eigenvalue weighted by molar-refractivity contribution is -0.138. The maximum absolute atomic E-state index is 12.5. The quantitative estimate of drug-likeness (QED) is 0.677. The summed E-state index contributed by atoms with van der Waals surface area (Å²) in [6.45, 7) is 0.274. The maximum atomic E-state index is 12.5. The van der Waals surface area contributed by atoms with Crippen molar-refractivity contribution in [1.82, 2.24) is 9.62 Å².